The van der Waals surface area contributed by atoms with Crippen molar-refractivity contribution >= 4 is 21.9 Å². The Morgan fingerprint density at radius 3 is 2.64 bits per heavy atom. The van der Waals surface area contributed by atoms with Crippen LogP contribution in [0.25, 0.3) is 11.3 Å². The second-order valence-corrected chi connectivity index (χ2v) is 7.63. The second-order valence-electron chi connectivity index (χ2n) is 6.77. The molecule has 0 fully saturated rings. The fraction of sp³-hybridized carbons (Fsp3) is 0.286. The molecule has 1 atom stereocenters. The van der Waals surface area contributed by atoms with Gasteiger partial charge < -0.3 is 19.4 Å². The summed E-state index contributed by atoms with van der Waals surface area (Å²) in [5.74, 6) is 1.97. The number of aromatic nitrogens is 2. The second kappa shape index (κ2) is 7.47. The summed E-state index contributed by atoms with van der Waals surface area (Å²) in [5.41, 5.74) is 4.33. The summed E-state index contributed by atoms with van der Waals surface area (Å²) < 4.78 is 27.0. The number of anilines is 1. The summed E-state index contributed by atoms with van der Waals surface area (Å²) in [4.78, 5) is 4.59. The van der Waals surface area contributed by atoms with E-state index in [-0.39, 0.29) is 11.9 Å². The molecule has 28 heavy (non-hydrogen) atoms. The first-order chi connectivity index (χ1) is 13.5. The standard InChI is InChI=1S/C21H21BrFN3O2/c1-12(13-4-5-17(23)16(22)8-13)25-21-24-11-18-15-10-20(28-3)19(27-2)9-14(15)6-7-26(18)21/h4-5,8-12H,6-7H2,1-3H3,(H,24,25). The smallest absolute Gasteiger partial charge is 0.203 e. The van der Waals surface area contributed by atoms with E-state index < -0.39 is 0 Å². The lowest BCUT2D eigenvalue weighted by Crippen LogP contribution is -2.16. The van der Waals surface area contributed by atoms with E-state index in [2.05, 4.69) is 30.8 Å². The van der Waals surface area contributed by atoms with Gasteiger partial charge in [-0.3, -0.25) is 0 Å². The van der Waals surface area contributed by atoms with Crippen LogP contribution in [-0.2, 0) is 13.0 Å². The number of hydrogen-bond acceptors (Lipinski definition) is 4. The Hall–Kier alpha value is -2.54. The number of imidazole rings is 1. The van der Waals surface area contributed by atoms with Crippen LogP contribution >= 0.6 is 15.9 Å². The molecule has 1 N–H and O–H groups in total. The molecule has 0 bridgehead atoms. The normalized spacial score (nSPS) is 13.5. The van der Waals surface area contributed by atoms with Crippen molar-refractivity contribution in [3.05, 3.63) is 57.9 Å². The van der Waals surface area contributed by atoms with Crippen molar-refractivity contribution < 1.29 is 13.9 Å². The van der Waals surface area contributed by atoms with Crippen LogP contribution < -0.4 is 14.8 Å². The van der Waals surface area contributed by atoms with Gasteiger partial charge in [0.25, 0.3) is 0 Å². The third-order valence-electron chi connectivity index (χ3n) is 5.13. The summed E-state index contributed by atoms with van der Waals surface area (Å²) in [7, 11) is 3.29. The minimum absolute atomic E-state index is 0.0183. The maximum absolute atomic E-state index is 13.5. The van der Waals surface area contributed by atoms with Crippen LogP contribution in [0.3, 0.4) is 0 Å². The lowest BCUT2D eigenvalue weighted by Gasteiger charge is -2.23. The molecule has 1 aliphatic heterocycles. The Kier molecular flexibility index (Phi) is 5.02. The predicted molar refractivity (Wildman–Crippen MR) is 111 cm³/mol. The van der Waals surface area contributed by atoms with Gasteiger partial charge in [0, 0.05) is 12.1 Å². The number of fused-ring (bicyclic) bond motifs is 3. The Balaban J connectivity index is 1.65. The van der Waals surface area contributed by atoms with Crippen molar-refractivity contribution in [2.24, 2.45) is 0 Å². The highest BCUT2D eigenvalue weighted by Gasteiger charge is 2.23. The molecule has 1 aromatic heterocycles. The lowest BCUT2D eigenvalue weighted by atomic mass is 9.98. The number of halogens is 2. The van der Waals surface area contributed by atoms with Crippen LogP contribution in [0.15, 0.2) is 41.0 Å². The SMILES string of the molecule is COc1cc2c(cc1OC)-c1cnc(NC(C)c3ccc(F)c(Br)c3)n1CC2. The largest absolute Gasteiger partial charge is 0.493 e. The highest BCUT2D eigenvalue weighted by Crippen LogP contribution is 2.39. The maximum Gasteiger partial charge on any atom is 0.203 e. The van der Waals surface area contributed by atoms with E-state index in [1.165, 1.54) is 11.6 Å². The molecule has 0 spiro atoms. The van der Waals surface area contributed by atoms with E-state index >= 15 is 0 Å². The average Bonchev–Trinajstić information content (AvgIpc) is 3.11. The summed E-state index contributed by atoms with van der Waals surface area (Å²) in [6, 6.07) is 9.06. The molecule has 2 heterocycles. The monoisotopic (exact) mass is 445 g/mol. The van der Waals surface area contributed by atoms with Crippen LogP contribution in [0.5, 0.6) is 11.5 Å². The molecular formula is C21H21BrFN3O2. The first-order valence-electron chi connectivity index (χ1n) is 9.04. The Labute approximate surface area is 171 Å². The van der Waals surface area contributed by atoms with Gasteiger partial charge >= 0.3 is 0 Å². The molecule has 4 rings (SSSR count). The van der Waals surface area contributed by atoms with Gasteiger partial charge in [-0.2, -0.15) is 0 Å². The molecule has 7 heteroatoms. The highest BCUT2D eigenvalue weighted by molar-refractivity contribution is 9.10. The third-order valence-corrected chi connectivity index (χ3v) is 5.74. The molecule has 0 amide bonds. The zero-order chi connectivity index (χ0) is 19.8. The highest BCUT2D eigenvalue weighted by atomic mass is 79.9. The molecule has 0 aliphatic carbocycles. The van der Waals surface area contributed by atoms with Crippen molar-refractivity contribution in [2.45, 2.75) is 25.9 Å². The first kappa shape index (κ1) is 18.8. The van der Waals surface area contributed by atoms with Gasteiger partial charge in [0.1, 0.15) is 5.82 Å². The molecule has 0 saturated carbocycles. The fourth-order valence-electron chi connectivity index (χ4n) is 3.59. The topological polar surface area (TPSA) is 48.3 Å². The summed E-state index contributed by atoms with van der Waals surface area (Å²) >= 11 is 3.25. The average molecular weight is 446 g/mol. The van der Waals surface area contributed by atoms with Crippen molar-refractivity contribution in [1.82, 2.24) is 9.55 Å². The van der Waals surface area contributed by atoms with Gasteiger partial charge in [-0.1, -0.05) is 6.07 Å². The van der Waals surface area contributed by atoms with Crippen LogP contribution in [-0.4, -0.2) is 23.8 Å². The predicted octanol–water partition coefficient (Wildman–Crippen LogP) is 5.20. The Bertz CT molecular complexity index is 1030. The van der Waals surface area contributed by atoms with Crippen LogP contribution in [0, 0.1) is 5.82 Å². The maximum atomic E-state index is 13.5. The van der Waals surface area contributed by atoms with Crippen molar-refractivity contribution in [3.8, 4) is 22.8 Å². The van der Waals surface area contributed by atoms with Gasteiger partial charge in [0.2, 0.25) is 5.95 Å². The molecule has 3 aromatic rings. The van der Waals surface area contributed by atoms with E-state index in [0.29, 0.717) is 10.2 Å². The number of aryl methyl sites for hydroxylation is 1. The van der Waals surface area contributed by atoms with Crippen LogP contribution in [0.4, 0.5) is 10.3 Å². The van der Waals surface area contributed by atoms with Crippen molar-refractivity contribution in [3.63, 3.8) is 0 Å². The zero-order valence-electron chi connectivity index (χ0n) is 15.9. The minimum atomic E-state index is -0.268. The molecule has 1 unspecified atom stereocenters. The lowest BCUT2D eigenvalue weighted by molar-refractivity contribution is 0.354. The fourth-order valence-corrected chi connectivity index (χ4v) is 3.99. The molecule has 0 saturated heterocycles. The zero-order valence-corrected chi connectivity index (χ0v) is 17.5. The molecule has 1 aliphatic rings. The summed E-state index contributed by atoms with van der Waals surface area (Å²) in [6.07, 6.45) is 2.75. The van der Waals surface area contributed by atoms with Crippen molar-refractivity contribution in [1.29, 1.82) is 0 Å². The Morgan fingerprint density at radius 1 is 1.18 bits per heavy atom. The summed E-state index contributed by atoms with van der Waals surface area (Å²) in [5, 5.41) is 3.45. The number of hydrogen-bond donors (Lipinski definition) is 1. The Morgan fingerprint density at radius 2 is 1.93 bits per heavy atom. The van der Waals surface area contributed by atoms with Gasteiger partial charge in [0.05, 0.1) is 36.6 Å². The minimum Gasteiger partial charge on any atom is -0.493 e. The third kappa shape index (κ3) is 3.24. The van der Waals surface area contributed by atoms with Gasteiger partial charge in [-0.05, 0) is 64.7 Å². The molecule has 5 nitrogen and oxygen atoms in total. The molecular weight excluding hydrogens is 425 g/mol. The number of nitrogens with zero attached hydrogens (tertiary/aromatic N) is 2. The van der Waals surface area contributed by atoms with E-state index in [9.17, 15) is 4.39 Å². The summed E-state index contributed by atoms with van der Waals surface area (Å²) in [6.45, 7) is 2.85. The van der Waals surface area contributed by atoms with E-state index in [1.807, 2.05) is 25.3 Å². The van der Waals surface area contributed by atoms with Crippen LogP contribution in [0.1, 0.15) is 24.1 Å². The number of nitrogens with one attached hydrogen (secondary N) is 1. The number of methoxy groups -OCH3 is 2. The van der Waals surface area contributed by atoms with Crippen molar-refractivity contribution in [2.75, 3.05) is 19.5 Å². The van der Waals surface area contributed by atoms with E-state index in [0.717, 1.165) is 41.5 Å². The van der Waals surface area contributed by atoms with Gasteiger partial charge in [-0.15, -0.1) is 0 Å². The van der Waals surface area contributed by atoms with Crippen LogP contribution in [0.2, 0.25) is 0 Å². The first-order valence-corrected chi connectivity index (χ1v) is 9.83. The molecule has 146 valence electrons. The molecule has 0 radical (unpaired) electrons. The number of benzene rings is 2. The van der Waals surface area contributed by atoms with E-state index in [1.54, 1.807) is 26.4 Å². The number of rotatable bonds is 5. The molecule has 2 aromatic carbocycles. The van der Waals surface area contributed by atoms with Gasteiger partial charge in [-0.25, -0.2) is 9.37 Å². The van der Waals surface area contributed by atoms with Gasteiger partial charge in [0.15, 0.2) is 11.5 Å². The number of ether oxygens (including phenoxy) is 2. The van der Waals surface area contributed by atoms with E-state index in [4.69, 9.17) is 9.47 Å². The quantitative estimate of drug-likeness (QED) is 0.586.